The van der Waals surface area contributed by atoms with Gasteiger partial charge in [-0.2, -0.15) is 5.10 Å². The molecule has 3 heterocycles. The van der Waals surface area contributed by atoms with Gasteiger partial charge in [-0.15, -0.1) is 0 Å². The molecule has 7 N–H and O–H groups in total. The highest BCUT2D eigenvalue weighted by Gasteiger charge is 2.44. The predicted octanol–water partition coefficient (Wildman–Crippen LogP) is -2.98. The molecule has 0 aliphatic carbocycles. The smallest absolute Gasteiger partial charge is 0.262 e. The molecule has 0 unspecified atom stereocenters. The summed E-state index contributed by atoms with van der Waals surface area (Å²) in [5.74, 6) is -0.450. The summed E-state index contributed by atoms with van der Waals surface area (Å²) in [4.78, 5) is 18.2. The number of hydrogen-bond acceptors (Lipinski definition) is 8. The third kappa shape index (κ3) is 1.99. The number of aromatic amines is 1. The van der Waals surface area contributed by atoms with Gasteiger partial charge in [-0.3, -0.25) is 10.2 Å². The van der Waals surface area contributed by atoms with Gasteiger partial charge in [-0.05, 0) is 0 Å². The normalized spacial score (nSPS) is 28.3. The summed E-state index contributed by atoms with van der Waals surface area (Å²) in [5.41, 5.74) is 4.80. The molecule has 4 atom stereocenters. The van der Waals surface area contributed by atoms with Crippen molar-refractivity contribution in [2.45, 2.75) is 24.5 Å². The summed E-state index contributed by atoms with van der Waals surface area (Å²) >= 11 is 0. The Morgan fingerprint density at radius 1 is 1.50 bits per heavy atom. The highest BCUT2D eigenvalue weighted by atomic mass is 16.6. The monoisotopic (exact) mass is 310 g/mol. The van der Waals surface area contributed by atoms with Gasteiger partial charge in [-0.25, -0.2) is 9.67 Å². The molecule has 22 heavy (non-hydrogen) atoms. The molecule has 0 aromatic carbocycles. The standard InChI is InChI=1S/C11H14N6O5/c12-8(13)5-4-9(14-2-15-10(4)21)17(16-5)11-7(20)6(19)3(1-18)22-11/h2-3,6-7,11,18-20H,1H2,(H3,12,13)(H,14,15,21)/t3-,6-,7-,11-/m1/s1. The number of ether oxygens (including phenoxy) is 1. The van der Waals surface area contributed by atoms with Gasteiger partial charge >= 0.3 is 0 Å². The largest absolute Gasteiger partial charge is 0.394 e. The van der Waals surface area contributed by atoms with Gasteiger partial charge in [0.2, 0.25) is 0 Å². The van der Waals surface area contributed by atoms with E-state index in [-0.39, 0.29) is 16.7 Å². The van der Waals surface area contributed by atoms with E-state index in [0.29, 0.717) is 0 Å². The Hall–Kier alpha value is -2.34. The Kier molecular flexibility index (Phi) is 3.41. The van der Waals surface area contributed by atoms with Crippen molar-refractivity contribution in [2.24, 2.45) is 5.73 Å². The van der Waals surface area contributed by atoms with Crippen LogP contribution in [0.25, 0.3) is 11.0 Å². The van der Waals surface area contributed by atoms with E-state index in [0.717, 1.165) is 11.0 Å². The number of nitrogen functional groups attached to an aromatic ring is 1. The van der Waals surface area contributed by atoms with E-state index >= 15 is 0 Å². The molecule has 0 bridgehead atoms. The Bertz CT molecular complexity index is 785. The maximum absolute atomic E-state index is 11.9. The number of amidine groups is 1. The number of aromatic nitrogens is 4. The summed E-state index contributed by atoms with van der Waals surface area (Å²) in [6, 6.07) is 0. The first-order valence-electron chi connectivity index (χ1n) is 6.38. The van der Waals surface area contributed by atoms with E-state index in [1.807, 2.05) is 0 Å². The SMILES string of the molecule is N=C(N)c1nn([C@@H]2O[C@H](CO)[C@@H](O)[C@H]2O)c2nc[nH]c(=O)c12. The molecule has 1 aliphatic heterocycles. The predicted molar refractivity (Wildman–Crippen MR) is 72.2 cm³/mol. The van der Waals surface area contributed by atoms with E-state index in [9.17, 15) is 15.0 Å². The molecule has 1 fully saturated rings. The summed E-state index contributed by atoms with van der Waals surface area (Å²) < 4.78 is 6.42. The molecule has 0 radical (unpaired) electrons. The fourth-order valence-corrected chi connectivity index (χ4v) is 2.43. The zero-order chi connectivity index (χ0) is 16.0. The molecule has 3 rings (SSSR count). The van der Waals surface area contributed by atoms with Gasteiger partial charge in [0.1, 0.15) is 35.2 Å². The van der Waals surface area contributed by atoms with Crippen molar-refractivity contribution in [1.82, 2.24) is 19.7 Å². The van der Waals surface area contributed by atoms with Crippen LogP contribution in [0, 0.1) is 5.41 Å². The van der Waals surface area contributed by atoms with Crippen LogP contribution in [0.5, 0.6) is 0 Å². The summed E-state index contributed by atoms with van der Waals surface area (Å²) in [6.07, 6.45) is -3.74. The summed E-state index contributed by atoms with van der Waals surface area (Å²) in [6.45, 7) is -0.499. The first-order valence-corrected chi connectivity index (χ1v) is 6.38. The van der Waals surface area contributed by atoms with Gasteiger partial charge < -0.3 is 30.8 Å². The number of H-pyrrole nitrogens is 1. The first-order chi connectivity index (χ1) is 10.5. The fraction of sp³-hybridized carbons (Fsp3) is 0.455. The van der Waals surface area contributed by atoms with Gasteiger partial charge in [0.05, 0.1) is 12.9 Å². The Morgan fingerprint density at radius 2 is 2.23 bits per heavy atom. The van der Waals surface area contributed by atoms with Crippen molar-refractivity contribution in [2.75, 3.05) is 6.61 Å². The van der Waals surface area contributed by atoms with Crippen LogP contribution in [0.15, 0.2) is 11.1 Å². The molecule has 11 heteroatoms. The molecule has 0 spiro atoms. The minimum absolute atomic E-state index is 0.0206. The molecule has 118 valence electrons. The lowest BCUT2D eigenvalue weighted by Gasteiger charge is -2.15. The lowest BCUT2D eigenvalue weighted by Crippen LogP contribution is -2.33. The number of fused-ring (bicyclic) bond motifs is 1. The molecule has 1 saturated heterocycles. The molecule has 11 nitrogen and oxygen atoms in total. The maximum Gasteiger partial charge on any atom is 0.262 e. The summed E-state index contributed by atoms with van der Waals surface area (Å²) in [5, 5.41) is 40.4. The van der Waals surface area contributed by atoms with Crippen LogP contribution in [0.3, 0.4) is 0 Å². The van der Waals surface area contributed by atoms with Crippen molar-refractivity contribution in [1.29, 1.82) is 5.41 Å². The van der Waals surface area contributed by atoms with E-state index in [1.54, 1.807) is 0 Å². The van der Waals surface area contributed by atoms with Crippen LogP contribution in [0.2, 0.25) is 0 Å². The molecule has 0 amide bonds. The zero-order valence-corrected chi connectivity index (χ0v) is 11.2. The number of nitrogens with zero attached hydrogens (tertiary/aromatic N) is 3. The number of aliphatic hydroxyl groups excluding tert-OH is 3. The Labute approximate surface area is 122 Å². The number of nitrogens with two attached hydrogens (primary N) is 1. The second kappa shape index (κ2) is 5.14. The third-order valence-electron chi connectivity index (χ3n) is 3.51. The minimum Gasteiger partial charge on any atom is -0.394 e. The lowest BCUT2D eigenvalue weighted by molar-refractivity contribution is -0.0566. The second-order valence-corrected chi connectivity index (χ2v) is 4.87. The number of nitrogens with one attached hydrogen (secondary N) is 2. The highest BCUT2D eigenvalue weighted by molar-refractivity contribution is 6.04. The van der Waals surface area contributed by atoms with Crippen LogP contribution in [0.1, 0.15) is 11.9 Å². The third-order valence-corrected chi connectivity index (χ3v) is 3.51. The second-order valence-electron chi connectivity index (χ2n) is 4.87. The first kappa shape index (κ1) is 14.6. The van der Waals surface area contributed by atoms with Crippen LogP contribution in [-0.2, 0) is 4.74 Å². The van der Waals surface area contributed by atoms with Gasteiger partial charge in [0.25, 0.3) is 5.56 Å². The topological polar surface area (TPSA) is 183 Å². The van der Waals surface area contributed by atoms with Crippen molar-refractivity contribution >= 4 is 16.9 Å². The molecule has 0 saturated carbocycles. The van der Waals surface area contributed by atoms with Gasteiger partial charge in [0, 0.05) is 0 Å². The van der Waals surface area contributed by atoms with E-state index in [4.69, 9.17) is 21.0 Å². The Balaban J connectivity index is 2.18. The van der Waals surface area contributed by atoms with Crippen molar-refractivity contribution < 1.29 is 20.1 Å². The maximum atomic E-state index is 11.9. The van der Waals surface area contributed by atoms with E-state index in [1.165, 1.54) is 0 Å². The molecular weight excluding hydrogens is 296 g/mol. The number of aliphatic hydroxyl groups is 3. The van der Waals surface area contributed by atoms with Crippen molar-refractivity contribution in [3.8, 4) is 0 Å². The van der Waals surface area contributed by atoms with Crippen molar-refractivity contribution in [3.63, 3.8) is 0 Å². The van der Waals surface area contributed by atoms with Crippen LogP contribution in [0.4, 0.5) is 0 Å². The molecule has 2 aromatic heterocycles. The molecular formula is C11H14N6O5. The number of hydrogen-bond donors (Lipinski definition) is 6. The zero-order valence-electron chi connectivity index (χ0n) is 11.2. The fourth-order valence-electron chi connectivity index (χ4n) is 2.43. The lowest BCUT2D eigenvalue weighted by atomic mass is 10.1. The molecule has 1 aliphatic rings. The minimum atomic E-state index is -1.39. The van der Waals surface area contributed by atoms with Crippen LogP contribution in [-0.4, -0.2) is 65.8 Å². The van der Waals surface area contributed by atoms with Crippen LogP contribution >= 0.6 is 0 Å². The van der Waals surface area contributed by atoms with Crippen molar-refractivity contribution in [3.05, 3.63) is 22.4 Å². The van der Waals surface area contributed by atoms with Crippen LogP contribution < -0.4 is 11.3 Å². The van der Waals surface area contributed by atoms with E-state index in [2.05, 4.69) is 15.1 Å². The molecule has 2 aromatic rings. The number of rotatable bonds is 3. The quantitative estimate of drug-likeness (QED) is 0.256. The Morgan fingerprint density at radius 3 is 2.82 bits per heavy atom. The summed E-state index contributed by atoms with van der Waals surface area (Å²) in [7, 11) is 0. The van der Waals surface area contributed by atoms with E-state index < -0.39 is 42.5 Å². The van der Waals surface area contributed by atoms with Gasteiger partial charge in [-0.1, -0.05) is 0 Å². The van der Waals surface area contributed by atoms with Gasteiger partial charge in [0.15, 0.2) is 11.9 Å². The average Bonchev–Trinajstić information content (AvgIpc) is 3.00. The average molecular weight is 310 g/mol. The highest BCUT2D eigenvalue weighted by Crippen LogP contribution is 2.30.